The van der Waals surface area contributed by atoms with Gasteiger partial charge in [-0.3, -0.25) is 0 Å². The zero-order valence-corrected chi connectivity index (χ0v) is 13.5. The lowest BCUT2D eigenvalue weighted by Gasteiger charge is -2.03. The second-order valence-electron chi connectivity index (χ2n) is 5.44. The van der Waals surface area contributed by atoms with E-state index >= 15 is 0 Å². The molecule has 1 aromatic heterocycles. The smallest absolute Gasteiger partial charge is 0.0462 e. The van der Waals surface area contributed by atoms with Crippen molar-refractivity contribution in [1.82, 2.24) is 4.57 Å². The highest BCUT2D eigenvalue weighted by atomic mass is 14.9. The highest BCUT2D eigenvalue weighted by Crippen LogP contribution is 2.10. The molecule has 0 aliphatic rings. The Bertz CT molecular complexity index is 325. The number of nitrogens with zero attached hydrogens (tertiary/aromatic N) is 2. The van der Waals surface area contributed by atoms with E-state index in [1.54, 1.807) is 0 Å². The molecule has 0 spiro atoms. The molecule has 0 aromatic carbocycles. The number of unbranched alkanes of at least 4 members (excludes halogenated alkanes) is 8. The molecule has 1 aromatic rings. The van der Waals surface area contributed by atoms with Crippen LogP contribution in [0.25, 0.3) is 0 Å². The molecule has 0 aliphatic carbocycles. The van der Waals surface area contributed by atoms with E-state index in [0.29, 0.717) is 0 Å². The third-order valence-electron chi connectivity index (χ3n) is 3.74. The van der Waals surface area contributed by atoms with Gasteiger partial charge in [-0.25, -0.2) is 5.26 Å². The molecule has 0 unspecified atom stereocenters. The molecule has 0 fully saturated rings. The zero-order chi connectivity index (χ0) is 15.1. The Morgan fingerprint density at radius 1 is 0.900 bits per heavy atom. The van der Waals surface area contributed by atoms with Gasteiger partial charge in [0, 0.05) is 25.5 Å². The summed E-state index contributed by atoms with van der Waals surface area (Å²) in [5.41, 5.74) is 1.46. The first-order valence-corrected chi connectivity index (χ1v) is 8.27. The van der Waals surface area contributed by atoms with Gasteiger partial charge in [-0.2, -0.15) is 0 Å². The SMILES string of the molecule is C#N.CCCCCCCCCCCn1ccc(CC)c1. The summed E-state index contributed by atoms with van der Waals surface area (Å²) in [7, 11) is 0. The summed E-state index contributed by atoms with van der Waals surface area (Å²) in [6, 6.07) is 2.24. The number of aromatic nitrogens is 1. The van der Waals surface area contributed by atoms with Crippen molar-refractivity contribution in [2.45, 2.75) is 84.6 Å². The maximum absolute atomic E-state index is 6.50. The lowest BCUT2D eigenvalue weighted by Crippen LogP contribution is -1.94. The van der Waals surface area contributed by atoms with Crippen molar-refractivity contribution in [2.75, 3.05) is 0 Å². The van der Waals surface area contributed by atoms with Crippen molar-refractivity contribution >= 4 is 0 Å². The minimum absolute atomic E-state index is 1.16. The second-order valence-corrected chi connectivity index (χ2v) is 5.44. The monoisotopic (exact) mass is 276 g/mol. The molecule has 0 N–H and O–H groups in total. The van der Waals surface area contributed by atoms with Crippen LogP contribution in [0.15, 0.2) is 18.5 Å². The minimum Gasteiger partial charge on any atom is -0.354 e. The Labute approximate surface area is 125 Å². The predicted molar refractivity (Wildman–Crippen MR) is 87.7 cm³/mol. The topological polar surface area (TPSA) is 28.7 Å². The Morgan fingerprint density at radius 2 is 1.45 bits per heavy atom. The summed E-state index contributed by atoms with van der Waals surface area (Å²) in [5.74, 6) is 0. The Balaban J connectivity index is 0.00000172. The second kappa shape index (κ2) is 14.2. The fourth-order valence-electron chi connectivity index (χ4n) is 2.44. The fraction of sp³-hybridized carbons (Fsp3) is 0.722. The van der Waals surface area contributed by atoms with Gasteiger partial charge in [-0.15, -0.1) is 0 Å². The van der Waals surface area contributed by atoms with Crippen LogP contribution in [-0.4, -0.2) is 4.57 Å². The average Bonchev–Trinajstić information content (AvgIpc) is 2.95. The Morgan fingerprint density at radius 3 is 1.95 bits per heavy atom. The van der Waals surface area contributed by atoms with Crippen LogP contribution in [0, 0.1) is 11.8 Å². The van der Waals surface area contributed by atoms with Crippen molar-refractivity contribution in [3.8, 4) is 6.57 Å². The van der Waals surface area contributed by atoms with Crippen molar-refractivity contribution in [1.29, 1.82) is 5.26 Å². The predicted octanol–water partition coefficient (Wildman–Crippen LogP) is 5.72. The maximum atomic E-state index is 6.50. The largest absolute Gasteiger partial charge is 0.354 e. The quantitative estimate of drug-likeness (QED) is 0.475. The molecule has 0 aliphatic heterocycles. The summed E-state index contributed by atoms with van der Waals surface area (Å²) < 4.78 is 2.35. The van der Waals surface area contributed by atoms with E-state index in [-0.39, 0.29) is 0 Å². The van der Waals surface area contributed by atoms with Gasteiger partial charge < -0.3 is 4.57 Å². The molecule has 20 heavy (non-hydrogen) atoms. The summed E-state index contributed by atoms with van der Waals surface area (Å²) in [6.45, 7) is 9.21. The summed E-state index contributed by atoms with van der Waals surface area (Å²) in [4.78, 5) is 0. The fourth-order valence-corrected chi connectivity index (χ4v) is 2.44. The Kier molecular flexibility index (Phi) is 13.3. The van der Waals surface area contributed by atoms with E-state index in [1.807, 2.05) is 0 Å². The van der Waals surface area contributed by atoms with Gasteiger partial charge in [-0.1, -0.05) is 65.2 Å². The van der Waals surface area contributed by atoms with Gasteiger partial charge in [0.25, 0.3) is 0 Å². The van der Waals surface area contributed by atoms with Crippen molar-refractivity contribution < 1.29 is 0 Å². The Hall–Kier alpha value is -1.23. The van der Waals surface area contributed by atoms with Crippen molar-refractivity contribution in [3.05, 3.63) is 24.0 Å². The number of nitriles is 1. The lowest BCUT2D eigenvalue weighted by atomic mass is 10.1. The molecule has 0 saturated carbocycles. The van der Waals surface area contributed by atoms with E-state index < -0.39 is 0 Å². The van der Waals surface area contributed by atoms with Crippen LogP contribution in [0.4, 0.5) is 0 Å². The molecule has 0 amide bonds. The molecular weight excluding hydrogens is 244 g/mol. The summed E-state index contributed by atoms with van der Waals surface area (Å²) >= 11 is 0. The highest BCUT2D eigenvalue weighted by Gasteiger charge is 1.95. The van der Waals surface area contributed by atoms with Gasteiger partial charge in [-0.05, 0) is 24.5 Å². The van der Waals surface area contributed by atoms with Crippen LogP contribution in [0.3, 0.4) is 0 Å². The van der Waals surface area contributed by atoms with Crippen LogP contribution >= 0.6 is 0 Å². The first kappa shape index (κ1) is 18.8. The van der Waals surface area contributed by atoms with Crippen LogP contribution < -0.4 is 0 Å². The van der Waals surface area contributed by atoms with E-state index in [2.05, 4.69) is 43.4 Å². The van der Waals surface area contributed by atoms with E-state index in [1.165, 1.54) is 69.9 Å². The lowest BCUT2D eigenvalue weighted by molar-refractivity contribution is 0.539. The van der Waals surface area contributed by atoms with Crippen LogP contribution in [0.5, 0.6) is 0 Å². The summed E-state index contributed by atoms with van der Waals surface area (Å²) in [5, 5.41) is 6.50. The van der Waals surface area contributed by atoms with Crippen molar-refractivity contribution in [2.24, 2.45) is 0 Å². The number of rotatable bonds is 11. The summed E-state index contributed by atoms with van der Waals surface area (Å²) in [6.07, 6.45) is 18.4. The first-order valence-electron chi connectivity index (χ1n) is 8.27. The van der Waals surface area contributed by atoms with Crippen LogP contribution in [0.2, 0.25) is 0 Å². The number of aryl methyl sites for hydroxylation is 2. The molecule has 114 valence electrons. The van der Waals surface area contributed by atoms with E-state index in [0.717, 1.165) is 6.42 Å². The average molecular weight is 276 g/mol. The van der Waals surface area contributed by atoms with Crippen LogP contribution in [0.1, 0.15) is 77.2 Å². The normalized spacial score (nSPS) is 10.0. The molecule has 0 saturated heterocycles. The number of hydrogen-bond acceptors (Lipinski definition) is 1. The van der Waals surface area contributed by atoms with Gasteiger partial charge in [0.1, 0.15) is 0 Å². The molecule has 1 heterocycles. The standard InChI is InChI=1S/C17H31N.CHN/c1-3-5-6-7-8-9-10-11-12-14-18-15-13-17(4-2)16-18;1-2/h13,15-16H,3-12,14H2,1-2H3;1H. The van der Waals surface area contributed by atoms with Gasteiger partial charge in [0.15, 0.2) is 0 Å². The first-order chi connectivity index (χ1) is 9.86. The third kappa shape index (κ3) is 9.67. The molecule has 1 rings (SSSR count). The molecule has 2 nitrogen and oxygen atoms in total. The zero-order valence-electron chi connectivity index (χ0n) is 13.5. The maximum Gasteiger partial charge on any atom is 0.0462 e. The van der Waals surface area contributed by atoms with E-state index in [9.17, 15) is 0 Å². The van der Waals surface area contributed by atoms with Crippen molar-refractivity contribution in [3.63, 3.8) is 0 Å². The minimum atomic E-state index is 1.16. The molecular formula is C18H32N2. The van der Waals surface area contributed by atoms with Crippen LogP contribution in [-0.2, 0) is 13.0 Å². The van der Waals surface area contributed by atoms with E-state index in [4.69, 9.17) is 5.26 Å². The number of hydrogen-bond donors (Lipinski definition) is 0. The highest BCUT2D eigenvalue weighted by molar-refractivity contribution is 5.09. The van der Waals surface area contributed by atoms with Gasteiger partial charge in [0.2, 0.25) is 0 Å². The molecule has 0 radical (unpaired) electrons. The van der Waals surface area contributed by atoms with Gasteiger partial charge >= 0.3 is 0 Å². The van der Waals surface area contributed by atoms with Gasteiger partial charge in [0.05, 0.1) is 0 Å². The molecule has 0 bridgehead atoms. The third-order valence-corrected chi connectivity index (χ3v) is 3.74. The molecule has 2 heteroatoms. The molecule has 0 atom stereocenters.